The van der Waals surface area contributed by atoms with Gasteiger partial charge in [0.15, 0.2) is 5.16 Å². The molecular formula is C23H24N2O4S. The molecule has 0 fully saturated rings. The largest absolute Gasteiger partial charge is 0.481 e. The van der Waals surface area contributed by atoms with Gasteiger partial charge in [-0.25, -0.2) is 0 Å². The molecule has 6 nitrogen and oxygen atoms in total. The number of hydrogen-bond acceptors (Lipinski definition) is 7. The molecule has 0 amide bonds. The van der Waals surface area contributed by atoms with Crippen molar-refractivity contribution in [2.75, 3.05) is 21.3 Å². The molecule has 0 saturated heterocycles. The number of methoxy groups -OCH3 is 3. The van der Waals surface area contributed by atoms with Gasteiger partial charge in [0.25, 0.3) is 0 Å². The van der Waals surface area contributed by atoms with Crippen LogP contribution in [0.4, 0.5) is 0 Å². The fourth-order valence-corrected chi connectivity index (χ4v) is 4.49. The summed E-state index contributed by atoms with van der Waals surface area (Å²) < 4.78 is 15.7. The molecule has 0 aliphatic carbocycles. The number of nitrogens with zero attached hydrogens (tertiary/aromatic N) is 2. The van der Waals surface area contributed by atoms with Crippen LogP contribution in [0.5, 0.6) is 11.8 Å². The summed E-state index contributed by atoms with van der Waals surface area (Å²) >= 11 is 1.22. The number of aromatic nitrogens is 2. The van der Waals surface area contributed by atoms with Gasteiger partial charge < -0.3 is 14.2 Å². The minimum atomic E-state index is -0.708. The lowest BCUT2D eigenvalue weighted by Crippen LogP contribution is -2.42. The zero-order chi connectivity index (χ0) is 21.6. The van der Waals surface area contributed by atoms with Crippen molar-refractivity contribution in [1.29, 1.82) is 0 Å². The number of carbonyl (C=O) groups excluding carboxylic acids is 1. The Bertz CT molecular complexity index is 921. The Balaban J connectivity index is 2.15. The average Bonchev–Trinajstić information content (AvgIpc) is 2.82. The van der Waals surface area contributed by atoms with E-state index in [-0.39, 0.29) is 5.97 Å². The molecule has 1 heterocycles. The molecule has 0 aliphatic heterocycles. The summed E-state index contributed by atoms with van der Waals surface area (Å²) in [5, 5.41) is -0.302. The fraction of sp³-hybridized carbons (Fsp3) is 0.261. The molecule has 0 aliphatic rings. The van der Waals surface area contributed by atoms with Crippen molar-refractivity contribution in [1.82, 2.24) is 9.97 Å². The number of hydrogen-bond donors (Lipinski definition) is 0. The molecule has 1 atom stereocenters. The van der Waals surface area contributed by atoms with E-state index in [9.17, 15) is 4.79 Å². The first-order chi connectivity index (χ1) is 14.5. The third-order valence-corrected chi connectivity index (χ3v) is 6.28. The Hall–Kier alpha value is -3.06. The Labute approximate surface area is 180 Å². The molecule has 1 unspecified atom stereocenters. The highest BCUT2D eigenvalue weighted by Gasteiger charge is 2.44. The Morgan fingerprint density at radius 2 is 1.33 bits per heavy atom. The number of benzene rings is 2. The van der Waals surface area contributed by atoms with Gasteiger partial charge in [-0.3, -0.25) is 4.79 Å². The van der Waals surface area contributed by atoms with Gasteiger partial charge in [-0.15, -0.1) is 0 Å². The zero-order valence-electron chi connectivity index (χ0n) is 17.4. The van der Waals surface area contributed by atoms with Gasteiger partial charge in [0.2, 0.25) is 11.8 Å². The summed E-state index contributed by atoms with van der Waals surface area (Å²) in [5.41, 5.74) is 1.25. The van der Waals surface area contributed by atoms with E-state index in [0.717, 1.165) is 11.1 Å². The van der Waals surface area contributed by atoms with Gasteiger partial charge in [0.05, 0.1) is 27.4 Å². The van der Waals surface area contributed by atoms with Gasteiger partial charge in [0.1, 0.15) is 5.25 Å². The standard InChI is InChI=1S/C23H24N2O4S/c1-23(16-11-7-5-8-12-16,17-13-9-6-10-14-17)20(21(26)29-4)30-22-24-18(27-2)15-19(25-22)28-3/h5-15,20H,1-4H3. The highest BCUT2D eigenvalue weighted by Crippen LogP contribution is 2.43. The van der Waals surface area contributed by atoms with Crippen molar-refractivity contribution in [3.8, 4) is 11.8 Å². The van der Waals surface area contributed by atoms with Crippen molar-refractivity contribution >= 4 is 17.7 Å². The lowest BCUT2D eigenvalue weighted by Gasteiger charge is -2.36. The van der Waals surface area contributed by atoms with Gasteiger partial charge in [-0.05, 0) is 18.1 Å². The van der Waals surface area contributed by atoms with Crippen LogP contribution >= 0.6 is 11.8 Å². The molecule has 3 aromatic rings. The van der Waals surface area contributed by atoms with Crippen molar-refractivity contribution < 1.29 is 19.0 Å². The molecule has 0 radical (unpaired) electrons. The summed E-state index contributed by atoms with van der Waals surface area (Å²) in [6.45, 7) is 2.03. The first kappa shape index (κ1) is 21.6. The molecule has 1 aromatic heterocycles. The first-order valence-electron chi connectivity index (χ1n) is 9.35. The fourth-order valence-electron chi connectivity index (χ4n) is 3.30. The van der Waals surface area contributed by atoms with E-state index < -0.39 is 10.7 Å². The number of carbonyl (C=O) groups is 1. The summed E-state index contributed by atoms with van der Waals surface area (Å²) in [6, 6.07) is 21.4. The highest BCUT2D eigenvalue weighted by atomic mass is 32.2. The maximum atomic E-state index is 13.1. The SMILES string of the molecule is COC(=O)C(Sc1nc(OC)cc(OC)n1)C(C)(c1ccccc1)c1ccccc1. The number of ether oxygens (including phenoxy) is 3. The predicted octanol–water partition coefficient (Wildman–Crippen LogP) is 4.13. The maximum Gasteiger partial charge on any atom is 0.320 e. The Morgan fingerprint density at radius 1 is 0.867 bits per heavy atom. The van der Waals surface area contributed by atoms with Gasteiger partial charge in [-0.1, -0.05) is 72.4 Å². The lowest BCUT2D eigenvalue weighted by molar-refractivity contribution is -0.140. The Morgan fingerprint density at radius 3 is 1.73 bits per heavy atom. The molecule has 0 N–H and O–H groups in total. The predicted molar refractivity (Wildman–Crippen MR) is 116 cm³/mol. The molecule has 3 rings (SSSR count). The van der Waals surface area contributed by atoms with Crippen LogP contribution in [0, 0.1) is 0 Å². The van der Waals surface area contributed by atoms with E-state index >= 15 is 0 Å². The van der Waals surface area contributed by atoms with E-state index in [0.29, 0.717) is 16.9 Å². The molecule has 0 bridgehead atoms. The number of rotatable bonds is 8. The smallest absolute Gasteiger partial charge is 0.320 e. The van der Waals surface area contributed by atoms with Gasteiger partial charge in [0, 0.05) is 5.41 Å². The van der Waals surface area contributed by atoms with Gasteiger partial charge in [-0.2, -0.15) is 9.97 Å². The van der Waals surface area contributed by atoms with Crippen molar-refractivity contribution in [3.63, 3.8) is 0 Å². The minimum absolute atomic E-state index is 0.356. The second-order valence-corrected chi connectivity index (χ2v) is 7.76. The van der Waals surface area contributed by atoms with Gasteiger partial charge >= 0.3 is 5.97 Å². The van der Waals surface area contributed by atoms with Crippen LogP contribution in [0.2, 0.25) is 0 Å². The average molecular weight is 425 g/mol. The monoisotopic (exact) mass is 424 g/mol. The van der Waals surface area contributed by atoms with E-state index in [4.69, 9.17) is 14.2 Å². The molecule has 2 aromatic carbocycles. The van der Waals surface area contributed by atoms with Crippen LogP contribution in [0.3, 0.4) is 0 Å². The number of esters is 1. The molecule has 0 spiro atoms. The minimum Gasteiger partial charge on any atom is -0.481 e. The maximum absolute atomic E-state index is 13.1. The third-order valence-electron chi connectivity index (χ3n) is 4.99. The van der Waals surface area contributed by atoms with Crippen molar-refractivity contribution in [2.45, 2.75) is 22.7 Å². The van der Waals surface area contributed by atoms with Crippen LogP contribution in [0.15, 0.2) is 71.9 Å². The topological polar surface area (TPSA) is 70.5 Å². The third kappa shape index (κ3) is 4.41. The summed E-state index contributed by atoms with van der Waals surface area (Å²) in [7, 11) is 4.43. The second kappa shape index (κ2) is 9.63. The van der Waals surface area contributed by atoms with E-state index in [1.807, 2.05) is 67.6 Å². The van der Waals surface area contributed by atoms with Crippen molar-refractivity contribution in [2.24, 2.45) is 0 Å². The molecular weight excluding hydrogens is 400 g/mol. The van der Waals surface area contributed by atoms with E-state index in [1.165, 1.54) is 33.1 Å². The molecule has 0 saturated carbocycles. The van der Waals surface area contributed by atoms with E-state index in [2.05, 4.69) is 9.97 Å². The Kier molecular flexibility index (Phi) is 6.95. The molecule has 30 heavy (non-hydrogen) atoms. The molecule has 7 heteroatoms. The first-order valence-corrected chi connectivity index (χ1v) is 10.2. The quantitative estimate of drug-likeness (QED) is 0.306. The lowest BCUT2D eigenvalue weighted by atomic mass is 9.73. The normalized spacial score (nSPS) is 12.1. The zero-order valence-corrected chi connectivity index (χ0v) is 18.2. The van der Waals surface area contributed by atoms with Crippen LogP contribution < -0.4 is 9.47 Å². The summed E-state index contributed by atoms with van der Waals surface area (Å²) in [5.74, 6) is 0.337. The summed E-state index contributed by atoms with van der Waals surface area (Å²) in [4.78, 5) is 21.9. The van der Waals surface area contributed by atoms with Crippen LogP contribution in [0.25, 0.3) is 0 Å². The molecule has 156 valence electrons. The van der Waals surface area contributed by atoms with Crippen molar-refractivity contribution in [3.05, 3.63) is 77.9 Å². The summed E-state index contributed by atoms with van der Waals surface area (Å²) in [6.07, 6.45) is 0. The number of thioether (sulfide) groups is 1. The van der Waals surface area contributed by atoms with Crippen LogP contribution in [0.1, 0.15) is 18.1 Å². The second-order valence-electron chi connectivity index (χ2n) is 6.69. The highest BCUT2D eigenvalue weighted by molar-refractivity contribution is 8.00. The van der Waals surface area contributed by atoms with E-state index in [1.54, 1.807) is 6.07 Å². The van der Waals surface area contributed by atoms with Crippen LogP contribution in [-0.2, 0) is 14.9 Å². The van der Waals surface area contributed by atoms with Crippen LogP contribution in [-0.4, -0.2) is 42.5 Å².